The van der Waals surface area contributed by atoms with E-state index in [0.29, 0.717) is 6.54 Å². The molecule has 0 unspecified atom stereocenters. The van der Waals surface area contributed by atoms with Crippen LogP contribution in [0.3, 0.4) is 0 Å². The van der Waals surface area contributed by atoms with Gasteiger partial charge >= 0.3 is 5.97 Å². The molecule has 7 nitrogen and oxygen atoms in total. The molecular weight excluding hydrogens is 464 g/mol. The number of carboxylic acids is 1. The molecule has 3 aromatic rings. The zero-order valence-corrected chi connectivity index (χ0v) is 21.3. The number of rotatable bonds is 9. The predicted molar refractivity (Wildman–Crippen MR) is 146 cm³/mol. The second kappa shape index (κ2) is 11.7. The number of anilines is 1. The minimum atomic E-state index is -0.922. The third kappa shape index (κ3) is 6.46. The van der Waals surface area contributed by atoms with Crippen molar-refractivity contribution in [2.45, 2.75) is 51.0 Å². The van der Waals surface area contributed by atoms with Gasteiger partial charge in [0.1, 0.15) is 5.82 Å². The first-order chi connectivity index (χ1) is 18.0. The number of amides is 1. The van der Waals surface area contributed by atoms with Crippen LogP contribution < -0.4 is 10.6 Å². The Labute approximate surface area is 218 Å². The van der Waals surface area contributed by atoms with Crippen molar-refractivity contribution in [3.05, 3.63) is 71.4 Å². The Kier molecular flexibility index (Phi) is 7.99. The Morgan fingerprint density at radius 1 is 1.11 bits per heavy atom. The molecule has 3 heterocycles. The molecule has 2 aliphatic rings. The molecule has 5 rings (SSSR count). The van der Waals surface area contributed by atoms with Crippen LogP contribution in [-0.2, 0) is 22.4 Å². The molecule has 0 aliphatic carbocycles. The van der Waals surface area contributed by atoms with Crippen molar-refractivity contribution in [3.8, 4) is 0 Å². The molecule has 37 heavy (non-hydrogen) atoms. The van der Waals surface area contributed by atoms with Gasteiger partial charge in [0.15, 0.2) is 0 Å². The topological polar surface area (TPSA) is 94.6 Å². The molecule has 1 saturated heterocycles. The SMILES string of the molecule is O=C(O)C[C@@H](NC(=O)[C@@H]1CCCN(CCCc2ccc3c(n2)NCCC3)C1)c1ccc2ccccc2c1. The molecule has 1 fully saturated rings. The van der Waals surface area contributed by atoms with Crippen LogP contribution in [0.1, 0.15) is 55.0 Å². The molecule has 1 amide bonds. The van der Waals surface area contributed by atoms with Crippen LogP contribution >= 0.6 is 0 Å². The van der Waals surface area contributed by atoms with Crippen LogP contribution in [0.5, 0.6) is 0 Å². The molecule has 194 valence electrons. The first-order valence-corrected chi connectivity index (χ1v) is 13.5. The van der Waals surface area contributed by atoms with Crippen LogP contribution in [-0.4, -0.2) is 53.0 Å². The molecule has 2 atom stereocenters. The molecule has 1 aromatic heterocycles. The number of hydrogen-bond acceptors (Lipinski definition) is 5. The average molecular weight is 501 g/mol. The summed E-state index contributed by atoms with van der Waals surface area (Å²) in [5, 5.41) is 18.1. The fourth-order valence-corrected chi connectivity index (χ4v) is 5.61. The van der Waals surface area contributed by atoms with Crippen LogP contribution in [0.25, 0.3) is 10.8 Å². The van der Waals surface area contributed by atoms with Crippen molar-refractivity contribution in [1.29, 1.82) is 0 Å². The number of hydrogen-bond donors (Lipinski definition) is 3. The molecule has 2 aliphatic heterocycles. The molecule has 0 spiro atoms. The highest BCUT2D eigenvalue weighted by Gasteiger charge is 2.28. The summed E-state index contributed by atoms with van der Waals surface area (Å²) in [6.45, 7) is 3.63. The fraction of sp³-hybridized carbons (Fsp3) is 0.433. The van der Waals surface area contributed by atoms with Crippen molar-refractivity contribution in [2.24, 2.45) is 5.92 Å². The van der Waals surface area contributed by atoms with Crippen molar-refractivity contribution in [1.82, 2.24) is 15.2 Å². The number of aryl methyl sites for hydroxylation is 2. The standard InChI is InChI=1S/C30H36N4O3/c35-28(36)19-27(24-12-11-21-6-1-2-7-23(21)18-24)33-30(37)25-9-4-16-34(20-25)17-5-10-26-14-13-22-8-3-15-31-29(22)32-26/h1-2,6-7,11-14,18,25,27H,3-5,8-10,15-17,19-20H2,(H,31,32)(H,33,37)(H,35,36)/t25-,27-/m1/s1. The lowest BCUT2D eigenvalue weighted by Gasteiger charge is -2.33. The monoisotopic (exact) mass is 500 g/mol. The lowest BCUT2D eigenvalue weighted by molar-refractivity contribution is -0.138. The number of piperidine rings is 1. The van der Waals surface area contributed by atoms with Crippen LogP contribution in [0.4, 0.5) is 5.82 Å². The Balaban J connectivity index is 1.16. The van der Waals surface area contributed by atoms with E-state index in [2.05, 4.69) is 27.7 Å². The molecule has 7 heteroatoms. The molecular formula is C30H36N4O3. The predicted octanol–water partition coefficient (Wildman–Crippen LogP) is 4.57. The van der Waals surface area contributed by atoms with Crippen LogP contribution in [0, 0.1) is 5.92 Å². The number of benzene rings is 2. The lowest BCUT2D eigenvalue weighted by atomic mass is 9.94. The Hall–Kier alpha value is -3.45. The van der Waals surface area contributed by atoms with Gasteiger partial charge in [-0.15, -0.1) is 0 Å². The third-order valence-corrected chi connectivity index (χ3v) is 7.61. The largest absolute Gasteiger partial charge is 0.481 e. The fourth-order valence-electron chi connectivity index (χ4n) is 5.61. The van der Waals surface area contributed by atoms with Gasteiger partial charge in [-0.05, 0) is 85.6 Å². The summed E-state index contributed by atoms with van der Waals surface area (Å²) in [4.78, 5) is 32.0. The van der Waals surface area contributed by atoms with Crippen molar-refractivity contribution in [2.75, 3.05) is 31.5 Å². The van der Waals surface area contributed by atoms with Crippen LogP contribution in [0.2, 0.25) is 0 Å². The number of nitrogens with one attached hydrogen (secondary N) is 2. The molecule has 0 bridgehead atoms. The van der Waals surface area contributed by atoms with Gasteiger partial charge in [-0.1, -0.05) is 42.5 Å². The van der Waals surface area contributed by atoms with Gasteiger partial charge in [-0.3, -0.25) is 9.59 Å². The van der Waals surface area contributed by atoms with E-state index in [1.165, 1.54) is 5.56 Å². The lowest BCUT2D eigenvalue weighted by Crippen LogP contribution is -2.44. The second-order valence-corrected chi connectivity index (χ2v) is 10.3. The van der Waals surface area contributed by atoms with E-state index in [1.807, 2.05) is 42.5 Å². The summed E-state index contributed by atoms with van der Waals surface area (Å²) in [5.41, 5.74) is 3.25. The molecule has 3 N–H and O–H groups in total. The summed E-state index contributed by atoms with van der Waals surface area (Å²) < 4.78 is 0. The normalized spacial score (nSPS) is 18.5. The van der Waals surface area contributed by atoms with E-state index in [4.69, 9.17) is 4.98 Å². The Morgan fingerprint density at radius 3 is 2.84 bits per heavy atom. The van der Waals surface area contributed by atoms with Gasteiger partial charge < -0.3 is 20.6 Å². The number of pyridine rings is 1. The average Bonchev–Trinajstić information content (AvgIpc) is 2.92. The summed E-state index contributed by atoms with van der Waals surface area (Å²) in [5.74, 6) is -0.0568. The summed E-state index contributed by atoms with van der Waals surface area (Å²) in [7, 11) is 0. The van der Waals surface area contributed by atoms with Gasteiger partial charge in [0.05, 0.1) is 18.4 Å². The van der Waals surface area contributed by atoms with Crippen molar-refractivity contribution >= 4 is 28.5 Å². The van der Waals surface area contributed by atoms with E-state index >= 15 is 0 Å². The van der Waals surface area contributed by atoms with Crippen LogP contribution in [0.15, 0.2) is 54.6 Å². The minimum absolute atomic E-state index is 0.0495. The Bertz CT molecular complexity index is 1260. The highest BCUT2D eigenvalue weighted by atomic mass is 16.4. The molecule has 2 aromatic carbocycles. The number of carboxylic acid groups (broad SMARTS) is 1. The molecule has 0 radical (unpaired) electrons. The molecule has 0 saturated carbocycles. The number of carbonyl (C=O) groups is 2. The van der Waals surface area contributed by atoms with E-state index in [1.54, 1.807) is 0 Å². The van der Waals surface area contributed by atoms with Gasteiger partial charge in [0, 0.05) is 18.8 Å². The van der Waals surface area contributed by atoms with E-state index in [0.717, 1.165) is 86.0 Å². The van der Waals surface area contributed by atoms with Gasteiger partial charge in [-0.2, -0.15) is 0 Å². The van der Waals surface area contributed by atoms with E-state index in [-0.39, 0.29) is 18.2 Å². The number of aromatic nitrogens is 1. The zero-order chi connectivity index (χ0) is 25.6. The zero-order valence-electron chi connectivity index (χ0n) is 21.3. The summed E-state index contributed by atoms with van der Waals surface area (Å²) in [6.07, 6.45) is 5.85. The summed E-state index contributed by atoms with van der Waals surface area (Å²) in [6, 6.07) is 17.7. The Morgan fingerprint density at radius 2 is 1.97 bits per heavy atom. The summed E-state index contributed by atoms with van der Waals surface area (Å²) >= 11 is 0. The third-order valence-electron chi connectivity index (χ3n) is 7.61. The number of carbonyl (C=O) groups excluding carboxylic acids is 1. The van der Waals surface area contributed by atoms with Crippen molar-refractivity contribution < 1.29 is 14.7 Å². The van der Waals surface area contributed by atoms with E-state index in [9.17, 15) is 14.7 Å². The highest BCUT2D eigenvalue weighted by Crippen LogP contribution is 2.25. The smallest absolute Gasteiger partial charge is 0.305 e. The van der Waals surface area contributed by atoms with Crippen molar-refractivity contribution in [3.63, 3.8) is 0 Å². The quantitative estimate of drug-likeness (QED) is 0.399. The van der Waals surface area contributed by atoms with Gasteiger partial charge in [0.25, 0.3) is 0 Å². The number of aliphatic carboxylic acids is 1. The number of likely N-dealkylation sites (tertiary alicyclic amines) is 1. The number of fused-ring (bicyclic) bond motifs is 2. The number of nitrogens with zero attached hydrogens (tertiary/aromatic N) is 2. The first-order valence-electron chi connectivity index (χ1n) is 13.5. The van der Waals surface area contributed by atoms with Gasteiger partial charge in [-0.25, -0.2) is 4.98 Å². The minimum Gasteiger partial charge on any atom is -0.481 e. The maximum Gasteiger partial charge on any atom is 0.305 e. The second-order valence-electron chi connectivity index (χ2n) is 10.3. The maximum absolute atomic E-state index is 13.3. The van der Waals surface area contributed by atoms with Gasteiger partial charge in [0.2, 0.25) is 5.91 Å². The highest BCUT2D eigenvalue weighted by molar-refractivity contribution is 5.84. The first kappa shape index (κ1) is 25.2. The maximum atomic E-state index is 13.3. The van der Waals surface area contributed by atoms with E-state index < -0.39 is 12.0 Å².